The van der Waals surface area contributed by atoms with Crippen molar-refractivity contribution in [1.82, 2.24) is 4.90 Å². The van der Waals surface area contributed by atoms with Crippen LogP contribution < -0.4 is 0 Å². The number of aliphatic hydroxyl groups is 1. The van der Waals surface area contributed by atoms with Crippen molar-refractivity contribution < 1.29 is 9.90 Å². The van der Waals surface area contributed by atoms with Crippen LogP contribution in [0.5, 0.6) is 0 Å². The number of likely N-dealkylation sites (tertiary alicyclic amines) is 1. The topological polar surface area (TPSA) is 40.5 Å². The summed E-state index contributed by atoms with van der Waals surface area (Å²) >= 11 is 0. The van der Waals surface area contributed by atoms with Gasteiger partial charge >= 0.3 is 0 Å². The second kappa shape index (κ2) is 3.54. The Morgan fingerprint density at radius 2 is 2.07 bits per heavy atom. The van der Waals surface area contributed by atoms with Gasteiger partial charge in [-0.2, -0.15) is 0 Å². The molecule has 14 heavy (non-hydrogen) atoms. The third-order valence-corrected chi connectivity index (χ3v) is 3.88. The van der Waals surface area contributed by atoms with Crippen molar-refractivity contribution in [2.75, 3.05) is 13.6 Å². The van der Waals surface area contributed by atoms with Gasteiger partial charge in [0.2, 0.25) is 5.91 Å². The highest BCUT2D eigenvalue weighted by Crippen LogP contribution is 2.43. The molecule has 1 spiro atoms. The lowest BCUT2D eigenvalue weighted by atomic mass is 9.66. The van der Waals surface area contributed by atoms with Crippen LogP contribution in [0.3, 0.4) is 0 Å². The lowest BCUT2D eigenvalue weighted by Crippen LogP contribution is -2.54. The van der Waals surface area contributed by atoms with Crippen LogP contribution in [0.4, 0.5) is 0 Å². The molecule has 1 N–H and O–H groups in total. The highest BCUT2D eigenvalue weighted by atomic mass is 16.3. The van der Waals surface area contributed by atoms with Gasteiger partial charge in [-0.1, -0.05) is 12.8 Å². The van der Waals surface area contributed by atoms with E-state index in [-0.39, 0.29) is 5.91 Å². The van der Waals surface area contributed by atoms with E-state index in [4.69, 9.17) is 0 Å². The van der Waals surface area contributed by atoms with Crippen molar-refractivity contribution in [1.29, 1.82) is 0 Å². The van der Waals surface area contributed by atoms with Crippen molar-refractivity contribution in [3.8, 4) is 0 Å². The molecule has 1 aliphatic carbocycles. The Morgan fingerprint density at radius 3 is 2.79 bits per heavy atom. The quantitative estimate of drug-likeness (QED) is 0.633. The smallest absolute Gasteiger partial charge is 0.231 e. The number of carbonyl (C=O) groups is 1. The highest BCUT2D eigenvalue weighted by molar-refractivity contribution is 5.84. The number of piperidine rings is 1. The predicted octanol–water partition coefficient (Wildman–Crippen LogP) is 1.16. The minimum atomic E-state index is -0.411. The lowest BCUT2D eigenvalue weighted by Gasteiger charge is -2.45. The second-order valence-electron chi connectivity index (χ2n) is 4.75. The summed E-state index contributed by atoms with van der Waals surface area (Å²) in [6.45, 7) is 0.854. The van der Waals surface area contributed by atoms with Gasteiger partial charge in [-0.25, -0.2) is 0 Å². The first kappa shape index (κ1) is 9.97. The summed E-state index contributed by atoms with van der Waals surface area (Å²) in [5, 5.41) is 10.0. The Bertz CT molecular complexity index is 237. The van der Waals surface area contributed by atoms with Crippen molar-refractivity contribution in [3.63, 3.8) is 0 Å². The van der Waals surface area contributed by atoms with E-state index < -0.39 is 11.5 Å². The number of carbonyl (C=O) groups excluding carboxylic acids is 1. The van der Waals surface area contributed by atoms with Crippen molar-refractivity contribution >= 4 is 5.91 Å². The molecule has 1 amide bonds. The molecule has 0 aromatic heterocycles. The van der Waals surface area contributed by atoms with Gasteiger partial charge < -0.3 is 10.0 Å². The monoisotopic (exact) mass is 197 g/mol. The average molecular weight is 197 g/mol. The van der Waals surface area contributed by atoms with Crippen LogP contribution >= 0.6 is 0 Å². The molecule has 2 atom stereocenters. The maximum atomic E-state index is 12.1. The van der Waals surface area contributed by atoms with Gasteiger partial charge in [0.15, 0.2) is 0 Å². The van der Waals surface area contributed by atoms with Crippen LogP contribution in [-0.2, 0) is 4.79 Å². The van der Waals surface area contributed by atoms with Gasteiger partial charge in [-0.05, 0) is 25.7 Å². The molecule has 0 aromatic carbocycles. The fraction of sp³-hybridized carbons (Fsp3) is 0.909. The highest BCUT2D eigenvalue weighted by Gasteiger charge is 2.48. The van der Waals surface area contributed by atoms with Crippen LogP contribution in [0.25, 0.3) is 0 Å². The number of amides is 1. The van der Waals surface area contributed by atoms with Gasteiger partial charge in [0.25, 0.3) is 0 Å². The second-order valence-corrected chi connectivity index (χ2v) is 4.75. The molecule has 0 aromatic rings. The van der Waals surface area contributed by atoms with Crippen LogP contribution in [0.15, 0.2) is 0 Å². The largest absolute Gasteiger partial charge is 0.392 e. The standard InChI is InChI=1S/C11H19NO2/c1-12-8-4-7-11(10(12)14)6-3-2-5-9(11)13/h9,13H,2-8H2,1H3/t9-,11+/m1/s1. The molecule has 0 unspecified atom stereocenters. The number of aliphatic hydroxyl groups excluding tert-OH is 1. The molecular formula is C11H19NO2. The number of hydrogen-bond acceptors (Lipinski definition) is 2. The Morgan fingerprint density at radius 1 is 1.36 bits per heavy atom. The van der Waals surface area contributed by atoms with Gasteiger partial charge in [0.05, 0.1) is 11.5 Å². The molecule has 1 aliphatic heterocycles. The zero-order valence-corrected chi connectivity index (χ0v) is 8.83. The van der Waals surface area contributed by atoms with Crippen molar-refractivity contribution in [2.45, 2.75) is 44.6 Å². The van der Waals surface area contributed by atoms with Crippen molar-refractivity contribution in [3.05, 3.63) is 0 Å². The van der Waals surface area contributed by atoms with E-state index in [9.17, 15) is 9.90 Å². The summed E-state index contributed by atoms with van der Waals surface area (Å²) in [5.74, 6) is 0.177. The SMILES string of the molecule is CN1CCC[C@]2(CCCC[C@H]2O)C1=O. The maximum Gasteiger partial charge on any atom is 0.231 e. The molecule has 1 saturated heterocycles. The number of rotatable bonds is 0. The molecule has 1 saturated carbocycles. The molecule has 2 aliphatic rings. The maximum absolute atomic E-state index is 12.1. The molecule has 80 valence electrons. The molecular weight excluding hydrogens is 178 g/mol. The van der Waals surface area contributed by atoms with E-state index in [0.717, 1.165) is 45.1 Å². The van der Waals surface area contributed by atoms with Crippen molar-refractivity contribution in [2.24, 2.45) is 5.41 Å². The Balaban J connectivity index is 2.22. The molecule has 2 fully saturated rings. The first-order valence-corrected chi connectivity index (χ1v) is 5.60. The summed E-state index contributed by atoms with van der Waals surface area (Å²) in [4.78, 5) is 13.9. The lowest BCUT2D eigenvalue weighted by molar-refractivity contribution is -0.157. The summed E-state index contributed by atoms with van der Waals surface area (Å²) in [5.41, 5.74) is -0.411. The van der Waals surface area contributed by atoms with Gasteiger partial charge in [0.1, 0.15) is 0 Å². The van der Waals surface area contributed by atoms with Crippen LogP contribution in [0, 0.1) is 5.41 Å². The summed E-state index contributed by atoms with van der Waals surface area (Å²) < 4.78 is 0. The van der Waals surface area contributed by atoms with Crippen LogP contribution in [-0.4, -0.2) is 35.6 Å². The molecule has 1 heterocycles. The Kier molecular flexibility index (Phi) is 2.52. The van der Waals surface area contributed by atoms with E-state index in [1.54, 1.807) is 4.90 Å². The third-order valence-electron chi connectivity index (χ3n) is 3.88. The zero-order chi connectivity index (χ0) is 10.2. The van der Waals surface area contributed by atoms with Gasteiger partial charge in [-0.15, -0.1) is 0 Å². The normalized spacial score (nSPS) is 39.1. The van der Waals surface area contributed by atoms with E-state index in [2.05, 4.69) is 0 Å². The molecule has 3 nitrogen and oxygen atoms in total. The van der Waals surface area contributed by atoms with Gasteiger partial charge in [0, 0.05) is 13.6 Å². The molecule has 0 radical (unpaired) electrons. The summed E-state index contributed by atoms with van der Waals surface area (Å²) in [6.07, 6.45) is 5.39. The summed E-state index contributed by atoms with van der Waals surface area (Å²) in [6, 6.07) is 0. The molecule has 3 heteroatoms. The Labute approximate surface area is 85.1 Å². The fourth-order valence-corrected chi connectivity index (χ4v) is 2.98. The average Bonchev–Trinajstić information content (AvgIpc) is 2.18. The number of hydrogen-bond donors (Lipinski definition) is 1. The van der Waals surface area contributed by atoms with E-state index in [0.29, 0.717) is 0 Å². The first-order valence-electron chi connectivity index (χ1n) is 5.60. The van der Waals surface area contributed by atoms with E-state index >= 15 is 0 Å². The van der Waals surface area contributed by atoms with E-state index in [1.807, 2.05) is 7.05 Å². The van der Waals surface area contributed by atoms with E-state index in [1.165, 1.54) is 0 Å². The van der Waals surface area contributed by atoms with Gasteiger partial charge in [-0.3, -0.25) is 4.79 Å². The minimum Gasteiger partial charge on any atom is -0.392 e. The summed E-state index contributed by atoms with van der Waals surface area (Å²) in [7, 11) is 1.85. The fourth-order valence-electron chi connectivity index (χ4n) is 2.98. The minimum absolute atomic E-state index is 0.177. The third kappa shape index (κ3) is 1.34. The van der Waals surface area contributed by atoms with Crippen LogP contribution in [0.2, 0.25) is 0 Å². The van der Waals surface area contributed by atoms with Crippen LogP contribution in [0.1, 0.15) is 38.5 Å². The molecule has 0 bridgehead atoms. The first-order chi connectivity index (χ1) is 6.67. The zero-order valence-electron chi connectivity index (χ0n) is 8.83. The Hall–Kier alpha value is -0.570. The predicted molar refractivity (Wildman–Crippen MR) is 53.8 cm³/mol. The number of nitrogens with zero attached hydrogens (tertiary/aromatic N) is 1. The molecule has 2 rings (SSSR count).